The molecule has 0 spiro atoms. The predicted octanol–water partition coefficient (Wildman–Crippen LogP) is 3.13. The van der Waals surface area contributed by atoms with Crippen molar-refractivity contribution in [1.29, 1.82) is 0 Å². The van der Waals surface area contributed by atoms with Crippen molar-refractivity contribution in [1.82, 2.24) is 0 Å². The number of amides is 2. The van der Waals surface area contributed by atoms with Crippen molar-refractivity contribution >= 4 is 40.8 Å². The zero-order valence-corrected chi connectivity index (χ0v) is 13.5. The maximum atomic E-state index is 12.0. The Kier molecular flexibility index (Phi) is 5.93. The number of rotatable bonds is 6. The van der Waals surface area contributed by atoms with E-state index in [0.29, 0.717) is 16.4 Å². The Bertz CT molecular complexity index is 599. The lowest BCUT2D eigenvalue weighted by molar-refractivity contribution is -0.139. The van der Waals surface area contributed by atoms with E-state index in [-0.39, 0.29) is 24.7 Å². The molecule has 6 nitrogen and oxygen atoms in total. The molecule has 0 saturated heterocycles. The van der Waals surface area contributed by atoms with E-state index >= 15 is 0 Å². The summed E-state index contributed by atoms with van der Waals surface area (Å²) in [6, 6.07) is 4.71. The van der Waals surface area contributed by atoms with Crippen LogP contribution in [0.2, 0.25) is 5.02 Å². The van der Waals surface area contributed by atoms with Gasteiger partial charge in [0.25, 0.3) is 0 Å². The van der Waals surface area contributed by atoms with Gasteiger partial charge in [0.2, 0.25) is 11.8 Å². The molecule has 0 aliphatic heterocycles. The van der Waals surface area contributed by atoms with Crippen LogP contribution >= 0.6 is 11.6 Å². The number of carboxylic acids is 1. The molecule has 120 valence electrons. The van der Waals surface area contributed by atoms with Crippen molar-refractivity contribution in [2.24, 2.45) is 5.41 Å². The van der Waals surface area contributed by atoms with Crippen LogP contribution in [-0.4, -0.2) is 22.9 Å². The van der Waals surface area contributed by atoms with E-state index < -0.39 is 11.4 Å². The molecule has 2 amide bonds. The summed E-state index contributed by atoms with van der Waals surface area (Å²) in [7, 11) is 0. The highest BCUT2D eigenvalue weighted by Gasteiger charge is 2.25. The van der Waals surface area contributed by atoms with Crippen LogP contribution in [0.1, 0.15) is 33.6 Å². The van der Waals surface area contributed by atoms with E-state index in [1.807, 2.05) is 0 Å². The number of carbonyl (C=O) groups is 3. The molecule has 22 heavy (non-hydrogen) atoms. The van der Waals surface area contributed by atoms with Gasteiger partial charge in [0, 0.05) is 19.0 Å². The minimum absolute atomic E-state index is 0.0669. The van der Waals surface area contributed by atoms with Crippen LogP contribution in [0.3, 0.4) is 0 Å². The number of carboxylic acid groups (broad SMARTS) is 1. The second kappa shape index (κ2) is 7.26. The van der Waals surface area contributed by atoms with Gasteiger partial charge in [-0.3, -0.25) is 14.4 Å². The third kappa shape index (κ3) is 6.13. The second-order valence-corrected chi connectivity index (χ2v) is 6.24. The number of halogens is 1. The van der Waals surface area contributed by atoms with Crippen LogP contribution in [0.25, 0.3) is 0 Å². The summed E-state index contributed by atoms with van der Waals surface area (Å²) in [5, 5.41) is 14.4. The summed E-state index contributed by atoms with van der Waals surface area (Å²) in [5.74, 6) is -1.52. The Morgan fingerprint density at radius 1 is 1.18 bits per heavy atom. The third-order valence-corrected chi connectivity index (χ3v) is 3.16. The molecule has 7 heteroatoms. The van der Waals surface area contributed by atoms with Crippen molar-refractivity contribution in [3.05, 3.63) is 23.2 Å². The molecule has 0 unspecified atom stereocenters. The molecule has 1 aromatic carbocycles. The topological polar surface area (TPSA) is 95.5 Å². The van der Waals surface area contributed by atoms with Gasteiger partial charge in [-0.15, -0.1) is 0 Å². The molecule has 1 aromatic rings. The van der Waals surface area contributed by atoms with Crippen molar-refractivity contribution in [3.8, 4) is 0 Å². The smallest absolute Gasteiger partial charge is 0.303 e. The SMILES string of the molecule is CC(=O)Nc1cc(NC(=O)CC(C)(C)CC(=O)O)ccc1Cl. The molecular weight excluding hydrogens is 308 g/mol. The van der Waals surface area contributed by atoms with Crippen molar-refractivity contribution in [2.45, 2.75) is 33.6 Å². The fraction of sp³-hybridized carbons (Fsp3) is 0.400. The predicted molar refractivity (Wildman–Crippen MR) is 85.0 cm³/mol. The number of aliphatic carboxylic acids is 1. The number of nitrogens with one attached hydrogen (secondary N) is 2. The zero-order chi connectivity index (χ0) is 16.9. The maximum absolute atomic E-state index is 12.0. The first kappa shape index (κ1) is 18.0. The van der Waals surface area contributed by atoms with Crippen molar-refractivity contribution < 1.29 is 19.5 Å². The molecule has 1 rings (SSSR count). The zero-order valence-electron chi connectivity index (χ0n) is 12.7. The summed E-state index contributed by atoms with van der Waals surface area (Å²) in [6.45, 7) is 4.78. The number of hydrogen-bond acceptors (Lipinski definition) is 3. The van der Waals surface area contributed by atoms with Crippen LogP contribution in [0, 0.1) is 5.41 Å². The lowest BCUT2D eigenvalue weighted by atomic mass is 9.85. The van der Waals surface area contributed by atoms with Gasteiger partial charge in [0.05, 0.1) is 17.1 Å². The van der Waals surface area contributed by atoms with E-state index in [0.717, 1.165) is 0 Å². The summed E-state index contributed by atoms with van der Waals surface area (Å²) in [4.78, 5) is 33.8. The molecule has 0 heterocycles. The number of anilines is 2. The Hall–Kier alpha value is -2.08. The number of carbonyl (C=O) groups excluding carboxylic acids is 2. The molecule has 0 radical (unpaired) electrons. The number of hydrogen-bond donors (Lipinski definition) is 3. The first-order valence-corrected chi connectivity index (χ1v) is 7.06. The molecule has 0 bridgehead atoms. The molecule has 0 aliphatic rings. The van der Waals surface area contributed by atoms with Gasteiger partial charge in [-0.2, -0.15) is 0 Å². The summed E-state index contributed by atoms with van der Waals surface area (Å²) in [5.41, 5.74) is 0.226. The van der Waals surface area contributed by atoms with Gasteiger partial charge < -0.3 is 15.7 Å². The van der Waals surface area contributed by atoms with Gasteiger partial charge in [-0.05, 0) is 23.6 Å². The molecule has 0 atom stereocenters. The van der Waals surface area contributed by atoms with Crippen LogP contribution in [-0.2, 0) is 14.4 Å². The van der Waals surface area contributed by atoms with E-state index in [2.05, 4.69) is 10.6 Å². The third-order valence-electron chi connectivity index (χ3n) is 2.83. The summed E-state index contributed by atoms with van der Waals surface area (Å²) < 4.78 is 0. The lowest BCUT2D eigenvalue weighted by Gasteiger charge is -2.21. The Balaban J connectivity index is 2.76. The fourth-order valence-electron chi connectivity index (χ4n) is 2.00. The first-order chi connectivity index (χ1) is 10.1. The van der Waals surface area contributed by atoms with E-state index in [9.17, 15) is 14.4 Å². The monoisotopic (exact) mass is 326 g/mol. The van der Waals surface area contributed by atoms with Gasteiger partial charge in [-0.25, -0.2) is 0 Å². The van der Waals surface area contributed by atoms with Gasteiger partial charge in [0.15, 0.2) is 0 Å². The van der Waals surface area contributed by atoms with Crippen LogP contribution in [0.4, 0.5) is 11.4 Å². The highest BCUT2D eigenvalue weighted by Crippen LogP contribution is 2.28. The lowest BCUT2D eigenvalue weighted by Crippen LogP contribution is -2.24. The molecule has 0 saturated carbocycles. The standard InChI is InChI=1S/C15H19ClN2O4/c1-9(19)17-12-6-10(4-5-11(12)16)18-13(20)7-15(2,3)8-14(21)22/h4-6H,7-8H2,1-3H3,(H,17,19)(H,18,20)(H,21,22). The molecule has 0 aromatic heterocycles. The molecule has 0 fully saturated rings. The molecular formula is C15H19ClN2O4. The van der Waals surface area contributed by atoms with E-state index in [1.54, 1.807) is 32.0 Å². The highest BCUT2D eigenvalue weighted by atomic mass is 35.5. The van der Waals surface area contributed by atoms with Crippen LogP contribution < -0.4 is 10.6 Å². The second-order valence-electron chi connectivity index (χ2n) is 5.84. The normalized spacial score (nSPS) is 10.9. The molecule has 3 N–H and O–H groups in total. The maximum Gasteiger partial charge on any atom is 0.303 e. The van der Waals surface area contributed by atoms with Crippen LogP contribution in [0.5, 0.6) is 0 Å². The van der Waals surface area contributed by atoms with E-state index in [1.165, 1.54) is 6.92 Å². The Morgan fingerprint density at radius 3 is 2.36 bits per heavy atom. The average molecular weight is 327 g/mol. The van der Waals surface area contributed by atoms with Gasteiger partial charge in [-0.1, -0.05) is 25.4 Å². The van der Waals surface area contributed by atoms with Crippen molar-refractivity contribution in [3.63, 3.8) is 0 Å². The van der Waals surface area contributed by atoms with Crippen molar-refractivity contribution in [2.75, 3.05) is 10.6 Å². The Morgan fingerprint density at radius 2 is 1.82 bits per heavy atom. The first-order valence-electron chi connectivity index (χ1n) is 6.68. The summed E-state index contributed by atoms with van der Waals surface area (Å²) in [6.07, 6.45) is -0.0322. The van der Waals surface area contributed by atoms with E-state index in [4.69, 9.17) is 16.7 Å². The fourth-order valence-corrected chi connectivity index (χ4v) is 2.16. The highest BCUT2D eigenvalue weighted by molar-refractivity contribution is 6.33. The summed E-state index contributed by atoms with van der Waals surface area (Å²) >= 11 is 5.95. The minimum atomic E-state index is -0.947. The average Bonchev–Trinajstić information content (AvgIpc) is 2.30. The quantitative estimate of drug-likeness (QED) is 0.748. The Labute approximate surface area is 133 Å². The number of benzene rings is 1. The van der Waals surface area contributed by atoms with Gasteiger partial charge >= 0.3 is 5.97 Å². The van der Waals surface area contributed by atoms with Gasteiger partial charge in [0.1, 0.15) is 0 Å². The largest absolute Gasteiger partial charge is 0.481 e. The molecule has 0 aliphatic carbocycles. The van der Waals surface area contributed by atoms with Crippen LogP contribution in [0.15, 0.2) is 18.2 Å². The minimum Gasteiger partial charge on any atom is -0.481 e.